The Morgan fingerprint density at radius 1 is 1.39 bits per heavy atom. The van der Waals surface area contributed by atoms with E-state index in [4.69, 9.17) is 5.73 Å². The zero-order chi connectivity index (χ0) is 13.5. The van der Waals surface area contributed by atoms with Crippen molar-refractivity contribution >= 4 is 22.4 Å². The second kappa shape index (κ2) is 7.28. The molecule has 0 radical (unpaired) electrons. The summed E-state index contributed by atoms with van der Waals surface area (Å²) in [6, 6.07) is 7.51. The van der Waals surface area contributed by atoms with Gasteiger partial charge in [-0.3, -0.25) is 9.00 Å². The predicted octanol–water partition coefficient (Wildman–Crippen LogP) is 1.42. The van der Waals surface area contributed by atoms with Crippen LogP contribution < -0.4 is 11.1 Å². The van der Waals surface area contributed by atoms with Crippen LogP contribution in [0.25, 0.3) is 0 Å². The highest BCUT2D eigenvalue weighted by Crippen LogP contribution is 2.09. The Morgan fingerprint density at radius 2 is 2.00 bits per heavy atom. The van der Waals surface area contributed by atoms with Gasteiger partial charge in [-0.1, -0.05) is 24.6 Å². The summed E-state index contributed by atoms with van der Waals surface area (Å²) in [5.41, 5.74) is 7.26. The molecule has 1 aromatic rings. The summed E-state index contributed by atoms with van der Waals surface area (Å²) >= 11 is 0. The quantitative estimate of drug-likeness (QED) is 0.819. The van der Waals surface area contributed by atoms with E-state index >= 15 is 0 Å². The third kappa shape index (κ3) is 4.98. The molecule has 0 saturated carbocycles. The number of anilines is 1. The van der Waals surface area contributed by atoms with E-state index in [0.29, 0.717) is 13.0 Å². The lowest BCUT2D eigenvalue weighted by Crippen LogP contribution is -2.26. The van der Waals surface area contributed by atoms with Gasteiger partial charge in [-0.25, -0.2) is 0 Å². The van der Waals surface area contributed by atoms with Gasteiger partial charge in [0, 0.05) is 21.7 Å². The number of hydrogen-bond acceptors (Lipinski definition) is 3. The average Bonchev–Trinajstić information content (AvgIpc) is 2.32. The number of benzene rings is 1. The van der Waals surface area contributed by atoms with E-state index in [2.05, 4.69) is 5.32 Å². The topological polar surface area (TPSA) is 72.2 Å². The van der Waals surface area contributed by atoms with Crippen molar-refractivity contribution in [1.82, 2.24) is 0 Å². The maximum atomic E-state index is 11.8. The highest BCUT2D eigenvalue weighted by molar-refractivity contribution is 7.86. The molecule has 1 aromatic carbocycles. The van der Waals surface area contributed by atoms with Crippen LogP contribution in [-0.4, -0.2) is 27.7 Å². The summed E-state index contributed by atoms with van der Waals surface area (Å²) in [6.07, 6.45) is 0.671. The Bertz CT molecular complexity index is 418. The van der Waals surface area contributed by atoms with Crippen LogP contribution in [0.3, 0.4) is 0 Å². The molecule has 3 N–H and O–H groups in total. The first kappa shape index (κ1) is 14.9. The number of aryl methyl sites for hydroxylation is 1. The molecule has 1 rings (SSSR count). The normalized spacial score (nSPS) is 13.9. The van der Waals surface area contributed by atoms with Crippen LogP contribution in [0.5, 0.6) is 0 Å². The number of rotatable bonds is 6. The van der Waals surface area contributed by atoms with Crippen LogP contribution in [0.15, 0.2) is 24.3 Å². The van der Waals surface area contributed by atoms with E-state index in [1.807, 2.05) is 38.1 Å². The number of carbonyl (C=O) groups excluding carboxylic acids is 1. The highest BCUT2D eigenvalue weighted by atomic mass is 32.2. The number of nitrogens with two attached hydrogens (primary N) is 1. The van der Waals surface area contributed by atoms with E-state index in [-0.39, 0.29) is 16.9 Å². The molecule has 0 aliphatic rings. The molecule has 0 aromatic heterocycles. The fourth-order valence-corrected chi connectivity index (χ4v) is 2.49. The van der Waals surface area contributed by atoms with Gasteiger partial charge in [0.05, 0.1) is 0 Å². The van der Waals surface area contributed by atoms with Gasteiger partial charge in [0.15, 0.2) is 0 Å². The Balaban J connectivity index is 2.46. The molecule has 0 saturated heterocycles. The van der Waals surface area contributed by atoms with Gasteiger partial charge in [-0.05, 0) is 32.0 Å². The van der Waals surface area contributed by atoms with Crippen LogP contribution in [0.1, 0.15) is 18.9 Å². The van der Waals surface area contributed by atoms with Gasteiger partial charge in [0.1, 0.15) is 5.75 Å². The van der Waals surface area contributed by atoms with E-state index in [1.54, 1.807) is 0 Å². The molecule has 100 valence electrons. The lowest BCUT2D eigenvalue weighted by molar-refractivity contribution is -0.113. The van der Waals surface area contributed by atoms with Crippen LogP contribution in [-0.2, 0) is 15.6 Å². The minimum Gasteiger partial charge on any atom is -0.330 e. The SMILES string of the molecule is Cc1ccc(NC(=O)CS(=O)C(C)CCN)cc1. The van der Waals surface area contributed by atoms with Gasteiger partial charge in [0.25, 0.3) is 0 Å². The maximum Gasteiger partial charge on any atom is 0.237 e. The third-order valence-corrected chi connectivity index (χ3v) is 4.31. The summed E-state index contributed by atoms with van der Waals surface area (Å²) in [6.45, 7) is 4.32. The number of carbonyl (C=O) groups is 1. The van der Waals surface area contributed by atoms with Gasteiger partial charge in [0.2, 0.25) is 5.91 Å². The molecule has 1 amide bonds. The van der Waals surface area contributed by atoms with Crippen molar-refractivity contribution in [1.29, 1.82) is 0 Å². The lowest BCUT2D eigenvalue weighted by atomic mass is 10.2. The summed E-state index contributed by atoms with van der Waals surface area (Å²) in [5.74, 6) is -0.198. The van der Waals surface area contributed by atoms with Gasteiger partial charge >= 0.3 is 0 Å². The van der Waals surface area contributed by atoms with Crippen LogP contribution >= 0.6 is 0 Å². The van der Waals surface area contributed by atoms with Crippen molar-refractivity contribution in [2.75, 3.05) is 17.6 Å². The average molecular weight is 268 g/mol. The lowest BCUT2D eigenvalue weighted by Gasteiger charge is -2.10. The third-order valence-electron chi connectivity index (χ3n) is 2.63. The molecule has 2 atom stereocenters. The Kier molecular flexibility index (Phi) is 6.01. The van der Waals surface area contributed by atoms with Crippen molar-refractivity contribution < 1.29 is 9.00 Å². The van der Waals surface area contributed by atoms with Crippen molar-refractivity contribution in [2.45, 2.75) is 25.5 Å². The minimum atomic E-state index is -1.16. The zero-order valence-electron chi connectivity index (χ0n) is 10.8. The Hall–Kier alpha value is -1.20. The number of amides is 1. The van der Waals surface area contributed by atoms with Crippen LogP contribution in [0.4, 0.5) is 5.69 Å². The van der Waals surface area contributed by atoms with Crippen molar-refractivity contribution in [2.24, 2.45) is 5.73 Å². The Labute approximate surface area is 110 Å². The molecule has 0 fully saturated rings. The summed E-state index contributed by atoms with van der Waals surface area (Å²) < 4.78 is 11.8. The fourth-order valence-electron chi connectivity index (χ4n) is 1.47. The molecule has 0 bridgehead atoms. The standard InChI is InChI=1S/C13H20N2O2S/c1-10-3-5-12(6-4-10)15-13(16)9-18(17)11(2)7-8-14/h3-6,11H,7-9,14H2,1-2H3,(H,15,16). The molecule has 2 unspecified atom stereocenters. The highest BCUT2D eigenvalue weighted by Gasteiger charge is 2.14. The molecule has 4 nitrogen and oxygen atoms in total. The molecular weight excluding hydrogens is 248 g/mol. The van der Waals surface area contributed by atoms with Crippen LogP contribution in [0, 0.1) is 6.92 Å². The molecule has 0 spiro atoms. The minimum absolute atomic E-state index is 0.0229. The first-order chi connectivity index (χ1) is 8.52. The van der Waals surface area contributed by atoms with E-state index in [9.17, 15) is 9.00 Å². The Morgan fingerprint density at radius 3 is 2.56 bits per heavy atom. The molecule has 0 aliphatic heterocycles. The second-order valence-electron chi connectivity index (χ2n) is 4.33. The molecule has 0 aliphatic carbocycles. The largest absolute Gasteiger partial charge is 0.330 e. The number of hydrogen-bond donors (Lipinski definition) is 2. The van der Waals surface area contributed by atoms with Gasteiger partial charge in [-0.2, -0.15) is 0 Å². The first-order valence-electron chi connectivity index (χ1n) is 5.96. The molecule has 0 heterocycles. The predicted molar refractivity (Wildman–Crippen MR) is 76.0 cm³/mol. The smallest absolute Gasteiger partial charge is 0.237 e. The second-order valence-corrected chi connectivity index (χ2v) is 6.18. The summed E-state index contributed by atoms with van der Waals surface area (Å²) in [7, 11) is -1.16. The molecule has 18 heavy (non-hydrogen) atoms. The first-order valence-corrected chi connectivity index (χ1v) is 7.35. The summed E-state index contributed by atoms with van der Waals surface area (Å²) in [5, 5.41) is 2.69. The van der Waals surface area contributed by atoms with Crippen molar-refractivity contribution in [3.63, 3.8) is 0 Å². The number of nitrogens with one attached hydrogen (secondary N) is 1. The molecular formula is C13H20N2O2S. The molecule has 5 heteroatoms. The van der Waals surface area contributed by atoms with E-state index in [1.165, 1.54) is 0 Å². The van der Waals surface area contributed by atoms with Gasteiger partial charge in [-0.15, -0.1) is 0 Å². The van der Waals surface area contributed by atoms with Crippen molar-refractivity contribution in [3.8, 4) is 0 Å². The maximum absolute atomic E-state index is 11.8. The van der Waals surface area contributed by atoms with E-state index in [0.717, 1.165) is 11.3 Å². The van der Waals surface area contributed by atoms with E-state index < -0.39 is 10.8 Å². The monoisotopic (exact) mass is 268 g/mol. The van der Waals surface area contributed by atoms with Crippen molar-refractivity contribution in [3.05, 3.63) is 29.8 Å². The fraction of sp³-hybridized carbons (Fsp3) is 0.462. The summed E-state index contributed by atoms with van der Waals surface area (Å²) in [4.78, 5) is 11.7. The van der Waals surface area contributed by atoms with Crippen LogP contribution in [0.2, 0.25) is 0 Å². The van der Waals surface area contributed by atoms with Gasteiger partial charge < -0.3 is 11.1 Å². The zero-order valence-corrected chi connectivity index (χ0v) is 11.6.